The Balaban J connectivity index is 2.69. The quantitative estimate of drug-likeness (QED) is 0.728. The Morgan fingerprint density at radius 2 is 2.00 bits per heavy atom. The summed E-state index contributed by atoms with van der Waals surface area (Å²) < 4.78 is 5.43. The van der Waals surface area contributed by atoms with Gasteiger partial charge in [-0.25, -0.2) is 0 Å². The minimum Gasteiger partial charge on any atom is -0.493 e. The van der Waals surface area contributed by atoms with Crippen LogP contribution < -0.4 is 16.2 Å². The van der Waals surface area contributed by atoms with E-state index in [2.05, 4.69) is 0 Å². The molecule has 1 amide bonds. The molecule has 1 aromatic rings. The van der Waals surface area contributed by atoms with Gasteiger partial charge in [0.2, 0.25) is 5.91 Å². The summed E-state index contributed by atoms with van der Waals surface area (Å²) in [6, 6.07) is 3.72. The number of carbonyl (C=O) groups excluding carboxylic acids is 1. The minimum absolute atomic E-state index is 0.225. The summed E-state index contributed by atoms with van der Waals surface area (Å²) in [4.78, 5) is 10.5. The Kier molecular flexibility index (Phi) is 3.55. The highest BCUT2D eigenvalue weighted by Gasteiger charge is 2.03. The van der Waals surface area contributed by atoms with Crippen LogP contribution in [0.25, 0.3) is 0 Å². The minimum atomic E-state index is -0.361. The van der Waals surface area contributed by atoms with E-state index < -0.39 is 0 Å². The zero-order valence-electron chi connectivity index (χ0n) is 9.04. The van der Waals surface area contributed by atoms with E-state index in [1.54, 1.807) is 0 Å². The van der Waals surface area contributed by atoms with Gasteiger partial charge in [0.25, 0.3) is 0 Å². The molecular formula is C11H16N2O2. The molecule has 0 unspecified atom stereocenters. The maximum atomic E-state index is 10.5. The average molecular weight is 208 g/mol. The molecule has 82 valence electrons. The van der Waals surface area contributed by atoms with Crippen molar-refractivity contribution in [2.24, 2.45) is 5.73 Å². The molecule has 0 aliphatic carbocycles. The molecule has 4 heteroatoms. The molecule has 15 heavy (non-hydrogen) atoms. The molecule has 1 aromatic carbocycles. The third-order valence-electron chi connectivity index (χ3n) is 2.17. The first-order valence-corrected chi connectivity index (χ1v) is 4.78. The Labute approximate surface area is 89.2 Å². The van der Waals surface area contributed by atoms with Crippen molar-refractivity contribution in [1.29, 1.82) is 0 Å². The summed E-state index contributed by atoms with van der Waals surface area (Å²) in [5.74, 6) is 0.391. The van der Waals surface area contributed by atoms with Crippen LogP contribution in [0.2, 0.25) is 0 Å². The van der Waals surface area contributed by atoms with E-state index in [9.17, 15) is 4.79 Å². The molecule has 0 atom stereocenters. The Morgan fingerprint density at radius 1 is 1.33 bits per heavy atom. The largest absolute Gasteiger partial charge is 0.493 e. The number of benzene rings is 1. The molecule has 0 saturated heterocycles. The van der Waals surface area contributed by atoms with E-state index in [4.69, 9.17) is 16.2 Å². The van der Waals surface area contributed by atoms with Crippen molar-refractivity contribution < 1.29 is 9.53 Å². The first kappa shape index (κ1) is 11.4. The third kappa shape index (κ3) is 3.16. The summed E-state index contributed by atoms with van der Waals surface area (Å²) >= 11 is 0. The van der Waals surface area contributed by atoms with Crippen molar-refractivity contribution in [3.63, 3.8) is 0 Å². The van der Waals surface area contributed by atoms with Crippen LogP contribution in [-0.4, -0.2) is 12.5 Å². The topological polar surface area (TPSA) is 78.3 Å². The van der Waals surface area contributed by atoms with Crippen LogP contribution in [-0.2, 0) is 4.79 Å². The molecule has 4 N–H and O–H groups in total. The Hall–Kier alpha value is -1.71. The molecule has 0 bridgehead atoms. The van der Waals surface area contributed by atoms with Crippen LogP contribution in [0.1, 0.15) is 17.5 Å². The predicted molar refractivity (Wildman–Crippen MR) is 59.6 cm³/mol. The lowest BCUT2D eigenvalue weighted by molar-refractivity contribution is -0.118. The molecule has 0 aromatic heterocycles. The lowest BCUT2D eigenvalue weighted by atomic mass is 10.1. The van der Waals surface area contributed by atoms with E-state index in [0.29, 0.717) is 6.61 Å². The van der Waals surface area contributed by atoms with Gasteiger partial charge in [-0.3, -0.25) is 4.79 Å². The van der Waals surface area contributed by atoms with E-state index in [1.807, 2.05) is 26.0 Å². The highest BCUT2D eigenvalue weighted by Crippen LogP contribution is 2.24. The van der Waals surface area contributed by atoms with Crippen molar-refractivity contribution in [1.82, 2.24) is 0 Å². The molecule has 0 spiro atoms. The Morgan fingerprint density at radius 3 is 2.60 bits per heavy atom. The van der Waals surface area contributed by atoms with E-state index >= 15 is 0 Å². The fourth-order valence-electron chi connectivity index (χ4n) is 1.23. The molecule has 0 fully saturated rings. The number of anilines is 1. The van der Waals surface area contributed by atoms with Gasteiger partial charge in [-0.1, -0.05) is 0 Å². The van der Waals surface area contributed by atoms with Crippen LogP contribution in [0.5, 0.6) is 5.75 Å². The van der Waals surface area contributed by atoms with Crippen LogP contribution in [0, 0.1) is 13.8 Å². The van der Waals surface area contributed by atoms with Gasteiger partial charge in [0.15, 0.2) is 0 Å². The van der Waals surface area contributed by atoms with Gasteiger partial charge in [0.05, 0.1) is 13.0 Å². The zero-order chi connectivity index (χ0) is 11.4. The lowest BCUT2D eigenvalue weighted by Gasteiger charge is -2.10. The summed E-state index contributed by atoms with van der Waals surface area (Å²) in [5.41, 5.74) is 13.4. The molecule has 1 rings (SSSR count). The molecule has 0 saturated carbocycles. The van der Waals surface area contributed by atoms with Gasteiger partial charge in [-0.15, -0.1) is 0 Å². The SMILES string of the molecule is Cc1cc(OCCC(N)=O)c(C)cc1N. The summed E-state index contributed by atoms with van der Waals surface area (Å²) in [5, 5.41) is 0. The van der Waals surface area contributed by atoms with Gasteiger partial charge < -0.3 is 16.2 Å². The van der Waals surface area contributed by atoms with Crippen molar-refractivity contribution >= 4 is 11.6 Å². The smallest absolute Gasteiger partial charge is 0.220 e. The average Bonchev–Trinajstić information content (AvgIpc) is 2.13. The molecule has 0 aliphatic rings. The number of nitrogens with two attached hydrogens (primary N) is 2. The standard InChI is InChI=1S/C11H16N2O2/c1-7-6-10(8(2)5-9(7)12)15-4-3-11(13)14/h5-6H,3-4,12H2,1-2H3,(H2,13,14). The number of ether oxygens (including phenoxy) is 1. The van der Waals surface area contributed by atoms with E-state index in [1.165, 1.54) is 0 Å². The Bertz CT molecular complexity index is 375. The van der Waals surface area contributed by atoms with Crippen molar-refractivity contribution in [2.45, 2.75) is 20.3 Å². The van der Waals surface area contributed by atoms with Crippen LogP contribution >= 0.6 is 0 Å². The van der Waals surface area contributed by atoms with Crippen molar-refractivity contribution in [3.8, 4) is 5.75 Å². The fourth-order valence-corrected chi connectivity index (χ4v) is 1.23. The van der Waals surface area contributed by atoms with E-state index in [0.717, 1.165) is 22.6 Å². The first-order valence-electron chi connectivity index (χ1n) is 4.78. The highest BCUT2D eigenvalue weighted by molar-refractivity contribution is 5.73. The van der Waals surface area contributed by atoms with Crippen LogP contribution in [0.4, 0.5) is 5.69 Å². The van der Waals surface area contributed by atoms with Gasteiger partial charge >= 0.3 is 0 Å². The van der Waals surface area contributed by atoms with E-state index in [-0.39, 0.29) is 12.3 Å². The van der Waals surface area contributed by atoms with Crippen molar-refractivity contribution in [2.75, 3.05) is 12.3 Å². The normalized spacial score (nSPS) is 10.0. The number of rotatable bonds is 4. The second-order valence-electron chi connectivity index (χ2n) is 3.54. The maximum Gasteiger partial charge on any atom is 0.220 e. The number of amides is 1. The van der Waals surface area contributed by atoms with Gasteiger partial charge in [-0.05, 0) is 37.1 Å². The van der Waals surface area contributed by atoms with Crippen LogP contribution in [0.15, 0.2) is 12.1 Å². The molecule has 0 aliphatic heterocycles. The first-order chi connectivity index (χ1) is 7.00. The number of carbonyl (C=O) groups is 1. The van der Waals surface area contributed by atoms with Gasteiger partial charge in [-0.2, -0.15) is 0 Å². The summed E-state index contributed by atoms with van der Waals surface area (Å²) in [7, 11) is 0. The maximum absolute atomic E-state index is 10.5. The molecule has 4 nitrogen and oxygen atoms in total. The monoisotopic (exact) mass is 208 g/mol. The number of nitrogen functional groups attached to an aromatic ring is 1. The molecule has 0 heterocycles. The van der Waals surface area contributed by atoms with Gasteiger partial charge in [0, 0.05) is 5.69 Å². The fraction of sp³-hybridized carbons (Fsp3) is 0.364. The summed E-state index contributed by atoms with van der Waals surface area (Å²) in [6.07, 6.45) is 0.225. The zero-order valence-corrected chi connectivity index (χ0v) is 9.04. The van der Waals surface area contributed by atoms with Crippen molar-refractivity contribution in [3.05, 3.63) is 23.3 Å². The second kappa shape index (κ2) is 4.68. The lowest BCUT2D eigenvalue weighted by Crippen LogP contribution is -2.14. The summed E-state index contributed by atoms with van der Waals surface area (Å²) in [6.45, 7) is 4.13. The number of aryl methyl sites for hydroxylation is 2. The number of primary amides is 1. The number of hydrogen-bond acceptors (Lipinski definition) is 3. The predicted octanol–water partition coefficient (Wildman–Crippen LogP) is 1.14. The molecule has 0 radical (unpaired) electrons. The van der Waals surface area contributed by atoms with Crippen LogP contribution in [0.3, 0.4) is 0 Å². The number of hydrogen-bond donors (Lipinski definition) is 2. The molecular weight excluding hydrogens is 192 g/mol. The third-order valence-corrected chi connectivity index (χ3v) is 2.17. The second-order valence-corrected chi connectivity index (χ2v) is 3.54. The highest BCUT2D eigenvalue weighted by atomic mass is 16.5. The van der Waals surface area contributed by atoms with Gasteiger partial charge in [0.1, 0.15) is 5.75 Å².